The van der Waals surface area contributed by atoms with Crippen molar-refractivity contribution in [3.8, 4) is 0 Å². The molecular weight excluding hydrogens is 447 g/mol. The lowest BCUT2D eigenvalue weighted by molar-refractivity contribution is -0.152. The molecule has 1 atom stereocenters. The number of hydrogen-bond donors (Lipinski definition) is 0. The number of carbonyl (C=O) groups excluding carboxylic acids is 2. The van der Waals surface area contributed by atoms with Crippen molar-refractivity contribution in [3.63, 3.8) is 0 Å². The van der Waals surface area contributed by atoms with Gasteiger partial charge >= 0.3 is 12.1 Å². The van der Waals surface area contributed by atoms with Crippen molar-refractivity contribution >= 4 is 17.6 Å². The second kappa shape index (κ2) is 10.1. The number of hydrogen-bond acceptors (Lipinski definition) is 5. The normalized spacial score (nSPS) is 21.9. The van der Waals surface area contributed by atoms with Crippen molar-refractivity contribution in [2.45, 2.75) is 57.2 Å². The highest BCUT2D eigenvalue weighted by molar-refractivity contribution is 5.85. The predicted molar refractivity (Wildman–Crippen MR) is 122 cm³/mol. The number of esters is 1. The Bertz CT molecular complexity index is 878. The van der Waals surface area contributed by atoms with Crippen LogP contribution in [0.25, 0.3) is 0 Å². The van der Waals surface area contributed by atoms with Gasteiger partial charge < -0.3 is 19.4 Å². The molecule has 0 aromatic heterocycles. The number of anilines is 1. The summed E-state index contributed by atoms with van der Waals surface area (Å²) in [6, 6.07) is 4.49. The molecule has 0 N–H and O–H groups in total. The molecule has 6 nitrogen and oxygen atoms in total. The van der Waals surface area contributed by atoms with Gasteiger partial charge in [0.25, 0.3) is 0 Å². The van der Waals surface area contributed by atoms with Crippen LogP contribution in [0.15, 0.2) is 24.3 Å². The first-order valence-electron chi connectivity index (χ1n) is 12.2. The molecule has 1 unspecified atom stereocenters. The van der Waals surface area contributed by atoms with Crippen LogP contribution in [0.2, 0.25) is 0 Å². The van der Waals surface area contributed by atoms with Crippen LogP contribution in [-0.4, -0.2) is 74.1 Å². The molecule has 1 aromatic carbocycles. The van der Waals surface area contributed by atoms with Gasteiger partial charge in [-0.2, -0.15) is 13.2 Å². The summed E-state index contributed by atoms with van der Waals surface area (Å²) < 4.78 is 44.4. The molecule has 188 valence electrons. The minimum Gasteiger partial charge on any atom is -0.467 e. The molecule has 1 aromatic rings. The molecule has 0 radical (unpaired) electrons. The molecule has 1 aliphatic carbocycles. The van der Waals surface area contributed by atoms with Gasteiger partial charge in [0.1, 0.15) is 6.04 Å². The Morgan fingerprint density at radius 2 is 1.82 bits per heavy atom. The number of carbonyl (C=O) groups is 2. The van der Waals surface area contributed by atoms with Crippen LogP contribution in [0.1, 0.15) is 50.5 Å². The molecule has 0 bridgehead atoms. The summed E-state index contributed by atoms with van der Waals surface area (Å²) >= 11 is 0. The minimum absolute atomic E-state index is 0.137. The molecule has 2 saturated heterocycles. The van der Waals surface area contributed by atoms with Crippen LogP contribution in [0.4, 0.5) is 18.9 Å². The minimum atomic E-state index is -4.42. The van der Waals surface area contributed by atoms with Crippen LogP contribution >= 0.6 is 0 Å². The third kappa shape index (κ3) is 5.85. The van der Waals surface area contributed by atoms with Crippen LogP contribution in [-0.2, 0) is 20.5 Å². The second-order valence-electron chi connectivity index (χ2n) is 9.90. The highest BCUT2D eigenvalue weighted by atomic mass is 19.4. The monoisotopic (exact) mass is 481 g/mol. The molecule has 2 aliphatic heterocycles. The Balaban J connectivity index is 1.36. The molecule has 9 heteroatoms. The topological polar surface area (TPSA) is 53.1 Å². The van der Waals surface area contributed by atoms with E-state index in [1.54, 1.807) is 15.9 Å². The molecular formula is C25H34F3N3O3. The Morgan fingerprint density at radius 1 is 1.09 bits per heavy atom. The number of methoxy groups -OCH3 is 1. The number of amides is 1. The number of halogens is 3. The maximum Gasteiger partial charge on any atom is 0.416 e. The van der Waals surface area contributed by atoms with Crippen molar-refractivity contribution in [1.29, 1.82) is 0 Å². The van der Waals surface area contributed by atoms with E-state index < -0.39 is 23.8 Å². The average Bonchev–Trinajstić information content (AvgIpc) is 3.61. The maximum absolute atomic E-state index is 13.1. The molecule has 4 rings (SSSR count). The van der Waals surface area contributed by atoms with Gasteiger partial charge in [0.2, 0.25) is 5.91 Å². The molecule has 1 saturated carbocycles. The molecule has 1 spiro atoms. The van der Waals surface area contributed by atoms with Gasteiger partial charge in [-0.05, 0) is 81.8 Å². The van der Waals surface area contributed by atoms with E-state index in [0.29, 0.717) is 30.6 Å². The zero-order valence-electron chi connectivity index (χ0n) is 19.8. The van der Waals surface area contributed by atoms with Crippen LogP contribution < -0.4 is 4.90 Å². The summed E-state index contributed by atoms with van der Waals surface area (Å²) in [4.78, 5) is 31.3. The fourth-order valence-corrected chi connectivity index (χ4v) is 5.28. The van der Waals surface area contributed by atoms with E-state index in [1.807, 2.05) is 0 Å². The van der Waals surface area contributed by atoms with Crippen molar-refractivity contribution < 1.29 is 27.5 Å². The first kappa shape index (κ1) is 24.8. The van der Waals surface area contributed by atoms with Crippen LogP contribution in [0, 0.1) is 5.41 Å². The molecule has 2 heterocycles. The average molecular weight is 482 g/mol. The van der Waals surface area contributed by atoms with E-state index in [2.05, 4.69) is 4.90 Å². The lowest BCUT2D eigenvalue weighted by atomic mass is 9.93. The fraction of sp³-hybridized carbons (Fsp3) is 0.680. The Labute approximate surface area is 199 Å². The SMILES string of the molecule is COC(=O)C(CCCN1CCC2(CC1)CC2)N1CCN(c2cccc(C(F)(F)F)c2)CCC1=O. The van der Waals surface area contributed by atoms with E-state index in [9.17, 15) is 22.8 Å². The van der Waals surface area contributed by atoms with Gasteiger partial charge in [0, 0.05) is 31.7 Å². The largest absolute Gasteiger partial charge is 0.467 e. The quantitative estimate of drug-likeness (QED) is 0.553. The van der Waals surface area contributed by atoms with Crippen LogP contribution in [0.5, 0.6) is 0 Å². The lowest BCUT2D eigenvalue weighted by Gasteiger charge is -2.33. The van der Waals surface area contributed by atoms with Gasteiger partial charge in [-0.3, -0.25) is 4.79 Å². The van der Waals surface area contributed by atoms with Crippen molar-refractivity contribution in [1.82, 2.24) is 9.80 Å². The fourth-order valence-electron chi connectivity index (χ4n) is 5.28. The zero-order chi connectivity index (χ0) is 24.3. The number of rotatable bonds is 7. The second-order valence-corrected chi connectivity index (χ2v) is 9.90. The van der Waals surface area contributed by atoms with Crippen molar-refractivity contribution in [2.75, 3.05) is 51.3 Å². The van der Waals surface area contributed by atoms with E-state index in [4.69, 9.17) is 4.74 Å². The number of piperidine rings is 1. The first-order valence-corrected chi connectivity index (χ1v) is 12.2. The molecule has 3 fully saturated rings. The first-order chi connectivity index (χ1) is 16.2. The molecule has 34 heavy (non-hydrogen) atoms. The zero-order valence-corrected chi connectivity index (χ0v) is 19.8. The maximum atomic E-state index is 13.1. The van der Waals surface area contributed by atoms with E-state index in [0.717, 1.165) is 38.2 Å². The highest BCUT2D eigenvalue weighted by Gasteiger charge is 2.44. The summed E-state index contributed by atoms with van der Waals surface area (Å²) in [5.74, 6) is -0.602. The third-order valence-electron chi connectivity index (χ3n) is 7.74. The Kier molecular flexibility index (Phi) is 7.40. The van der Waals surface area contributed by atoms with Crippen molar-refractivity contribution in [2.24, 2.45) is 5.41 Å². The summed E-state index contributed by atoms with van der Waals surface area (Å²) in [5, 5.41) is 0. The van der Waals surface area contributed by atoms with Gasteiger partial charge in [-0.15, -0.1) is 0 Å². The van der Waals surface area contributed by atoms with Crippen molar-refractivity contribution in [3.05, 3.63) is 29.8 Å². The number of ether oxygens (including phenoxy) is 1. The lowest BCUT2D eigenvalue weighted by Crippen LogP contribution is -2.47. The predicted octanol–water partition coefficient (Wildman–Crippen LogP) is 3.94. The van der Waals surface area contributed by atoms with Crippen LogP contribution in [0.3, 0.4) is 0 Å². The Morgan fingerprint density at radius 3 is 2.47 bits per heavy atom. The van der Waals surface area contributed by atoms with Gasteiger partial charge in [-0.25, -0.2) is 4.79 Å². The Hall–Kier alpha value is -2.29. The van der Waals surface area contributed by atoms with Gasteiger partial charge in [-0.1, -0.05) is 6.07 Å². The van der Waals surface area contributed by atoms with E-state index in [1.165, 1.54) is 38.9 Å². The smallest absolute Gasteiger partial charge is 0.416 e. The van der Waals surface area contributed by atoms with Gasteiger partial charge in [0.15, 0.2) is 0 Å². The molecule has 3 aliphatic rings. The van der Waals surface area contributed by atoms with Gasteiger partial charge in [0.05, 0.1) is 12.7 Å². The molecule has 1 amide bonds. The third-order valence-corrected chi connectivity index (χ3v) is 7.74. The summed E-state index contributed by atoms with van der Waals surface area (Å²) in [6.07, 6.45) is 2.25. The summed E-state index contributed by atoms with van der Waals surface area (Å²) in [7, 11) is 1.33. The van der Waals surface area contributed by atoms with E-state index in [-0.39, 0.29) is 18.9 Å². The number of alkyl halides is 3. The number of nitrogens with zero attached hydrogens (tertiary/aromatic N) is 3. The number of likely N-dealkylation sites (tertiary alicyclic amines) is 1. The number of benzene rings is 1. The summed E-state index contributed by atoms with van der Waals surface area (Å²) in [5.41, 5.74) is 0.336. The highest BCUT2D eigenvalue weighted by Crippen LogP contribution is 2.53. The summed E-state index contributed by atoms with van der Waals surface area (Å²) in [6.45, 7) is 4.01. The standard InChI is InChI=1S/C25H34F3N3O3/c1-34-23(33)21(6-3-12-29-14-10-24(8-9-24)11-15-29)31-17-16-30(13-7-22(31)32)20-5-2-4-19(18-20)25(26,27)28/h2,4-5,18,21H,3,6-17H2,1H3. The van der Waals surface area contributed by atoms with E-state index >= 15 is 0 Å².